The minimum atomic E-state index is -0.551. The highest BCUT2D eigenvalue weighted by Crippen LogP contribution is 2.20. The Hall–Kier alpha value is -2.60. The van der Waals surface area contributed by atoms with Crippen molar-refractivity contribution in [2.45, 2.75) is 27.3 Å². The number of hydrogen-bond acceptors (Lipinski definition) is 5. The summed E-state index contributed by atoms with van der Waals surface area (Å²) in [5, 5.41) is 0. The van der Waals surface area contributed by atoms with Crippen LogP contribution in [0.15, 0.2) is 24.3 Å². The van der Waals surface area contributed by atoms with E-state index in [-0.39, 0.29) is 12.4 Å². The van der Waals surface area contributed by atoms with Crippen molar-refractivity contribution in [3.05, 3.63) is 52.3 Å². The number of Topliss-reactive ketones (excluding diaryl/α,β-unsaturated/α-hetero) is 1. The summed E-state index contributed by atoms with van der Waals surface area (Å²) in [6, 6.07) is 6.86. The van der Waals surface area contributed by atoms with Crippen LogP contribution in [0, 0.1) is 20.8 Å². The van der Waals surface area contributed by atoms with Gasteiger partial charge in [0.1, 0.15) is 5.75 Å². The first-order chi connectivity index (χ1) is 12.4. The van der Waals surface area contributed by atoms with Crippen molar-refractivity contribution in [1.29, 1.82) is 0 Å². The van der Waals surface area contributed by atoms with Crippen molar-refractivity contribution in [3.8, 4) is 5.75 Å². The fourth-order valence-corrected chi connectivity index (χ4v) is 2.85. The normalized spacial score (nSPS) is 10.7. The predicted molar refractivity (Wildman–Crippen MR) is 98.1 cm³/mol. The highest BCUT2D eigenvalue weighted by molar-refractivity contribution is 6.00. The quantitative estimate of drug-likeness (QED) is 0.535. The van der Waals surface area contributed by atoms with Crippen LogP contribution in [0.1, 0.15) is 37.7 Å². The molecule has 0 unspecified atom stereocenters. The Morgan fingerprint density at radius 3 is 2.46 bits per heavy atom. The fraction of sp³-hybridized carbons (Fsp3) is 0.400. The van der Waals surface area contributed by atoms with Gasteiger partial charge in [-0.2, -0.15) is 0 Å². The van der Waals surface area contributed by atoms with E-state index in [4.69, 9.17) is 14.2 Å². The first-order valence-electron chi connectivity index (χ1n) is 8.39. The molecule has 0 N–H and O–H groups in total. The molecule has 2 aromatic rings. The van der Waals surface area contributed by atoms with Gasteiger partial charge in [0.05, 0.1) is 19.3 Å². The first-order valence-corrected chi connectivity index (χ1v) is 8.39. The molecule has 2 rings (SSSR count). The third-order valence-corrected chi connectivity index (χ3v) is 4.37. The van der Waals surface area contributed by atoms with Gasteiger partial charge in [0.25, 0.3) is 0 Å². The van der Waals surface area contributed by atoms with E-state index in [9.17, 15) is 9.59 Å². The molecule has 0 atom stereocenters. The number of ether oxygens (including phenoxy) is 3. The highest BCUT2D eigenvalue weighted by atomic mass is 16.5. The minimum absolute atomic E-state index is 0.228. The van der Waals surface area contributed by atoms with Gasteiger partial charge < -0.3 is 18.8 Å². The standard InChI is InChI=1S/C20H25NO5/c1-13-6-7-16(11-19(13)25-5)20(23)26-12-18(22)17-10-14(2)21(15(17)3)8-9-24-4/h6-7,10-11H,8-9,12H2,1-5H3. The van der Waals surface area contributed by atoms with Gasteiger partial charge in [-0.3, -0.25) is 4.79 Å². The maximum Gasteiger partial charge on any atom is 0.338 e. The van der Waals surface area contributed by atoms with Crippen LogP contribution in [0.3, 0.4) is 0 Å². The van der Waals surface area contributed by atoms with Crippen molar-refractivity contribution in [2.24, 2.45) is 0 Å². The number of ketones is 1. The Morgan fingerprint density at radius 1 is 1.08 bits per heavy atom. The maximum atomic E-state index is 12.5. The van der Waals surface area contributed by atoms with Crippen LogP contribution in [0.4, 0.5) is 0 Å². The molecule has 1 aromatic heterocycles. The summed E-state index contributed by atoms with van der Waals surface area (Å²) in [7, 11) is 3.18. The van der Waals surface area contributed by atoms with Crippen LogP contribution in [0.5, 0.6) is 5.75 Å². The van der Waals surface area contributed by atoms with E-state index in [0.29, 0.717) is 30.0 Å². The molecule has 0 aliphatic rings. The van der Waals surface area contributed by atoms with Gasteiger partial charge in [-0.25, -0.2) is 4.79 Å². The molecular formula is C20H25NO5. The lowest BCUT2D eigenvalue weighted by molar-refractivity contribution is 0.0474. The third kappa shape index (κ3) is 4.32. The van der Waals surface area contributed by atoms with E-state index in [0.717, 1.165) is 17.0 Å². The van der Waals surface area contributed by atoms with Gasteiger partial charge in [-0.05, 0) is 44.5 Å². The van der Waals surface area contributed by atoms with E-state index in [2.05, 4.69) is 0 Å². The topological polar surface area (TPSA) is 66.8 Å². The van der Waals surface area contributed by atoms with Gasteiger partial charge >= 0.3 is 5.97 Å². The number of aromatic nitrogens is 1. The molecule has 0 radical (unpaired) electrons. The molecule has 26 heavy (non-hydrogen) atoms. The van der Waals surface area contributed by atoms with E-state index >= 15 is 0 Å². The van der Waals surface area contributed by atoms with Gasteiger partial charge in [-0.15, -0.1) is 0 Å². The lowest BCUT2D eigenvalue weighted by atomic mass is 10.1. The summed E-state index contributed by atoms with van der Waals surface area (Å²) in [6.45, 7) is 6.63. The zero-order valence-electron chi connectivity index (χ0n) is 15.9. The smallest absolute Gasteiger partial charge is 0.338 e. The van der Waals surface area contributed by atoms with E-state index in [1.54, 1.807) is 32.4 Å². The zero-order valence-corrected chi connectivity index (χ0v) is 15.9. The SMILES string of the molecule is COCCn1c(C)cc(C(=O)COC(=O)c2ccc(C)c(OC)c2)c1C. The number of aryl methyl sites for hydroxylation is 2. The molecule has 0 aliphatic carbocycles. The monoisotopic (exact) mass is 359 g/mol. The molecule has 0 saturated heterocycles. The Labute approximate surface area is 153 Å². The highest BCUT2D eigenvalue weighted by Gasteiger charge is 2.18. The van der Waals surface area contributed by atoms with Crippen molar-refractivity contribution in [3.63, 3.8) is 0 Å². The summed E-state index contributed by atoms with van der Waals surface area (Å²) in [5.41, 5.74) is 3.65. The van der Waals surface area contributed by atoms with Crippen molar-refractivity contribution in [2.75, 3.05) is 27.4 Å². The Bertz CT molecular complexity index is 807. The number of rotatable bonds is 8. The predicted octanol–water partition coefficient (Wildman–Crippen LogP) is 3.11. The van der Waals surface area contributed by atoms with Crippen molar-refractivity contribution in [1.82, 2.24) is 4.57 Å². The molecule has 1 heterocycles. The van der Waals surface area contributed by atoms with Crippen LogP contribution in [0.2, 0.25) is 0 Å². The Balaban J connectivity index is 2.05. The van der Waals surface area contributed by atoms with Crippen molar-refractivity contribution >= 4 is 11.8 Å². The van der Waals surface area contributed by atoms with Crippen LogP contribution >= 0.6 is 0 Å². The molecule has 0 spiro atoms. The second-order valence-electron chi connectivity index (χ2n) is 6.11. The molecule has 0 aliphatic heterocycles. The average molecular weight is 359 g/mol. The van der Waals surface area contributed by atoms with Crippen LogP contribution in [0.25, 0.3) is 0 Å². The Kier molecular flexibility index (Phi) is 6.58. The first kappa shape index (κ1) is 19.7. The molecule has 0 bridgehead atoms. The number of nitrogens with zero attached hydrogens (tertiary/aromatic N) is 1. The lowest BCUT2D eigenvalue weighted by Gasteiger charge is -2.09. The van der Waals surface area contributed by atoms with E-state index in [1.165, 1.54) is 0 Å². The molecule has 140 valence electrons. The van der Waals surface area contributed by atoms with Gasteiger partial charge in [-0.1, -0.05) is 6.07 Å². The van der Waals surface area contributed by atoms with Crippen LogP contribution in [-0.4, -0.2) is 43.8 Å². The second kappa shape index (κ2) is 8.67. The average Bonchev–Trinajstić information content (AvgIpc) is 2.92. The summed E-state index contributed by atoms with van der Waals surface area (Å²) in [6.07, 6.45) is 0. The van der Waals surface area contributed by atoms with Gasteiger partial charge in [0, 0.05) is 30.6 Å². The summed E-state index contributed by atoms with van der Waals surface area (Å²) < 4.78 is 17.5. The summed E-state index contributed by atoms with van der Waals surface area (Å²) in [4.78, 5) is 24.7. The van der Waals surface area contributed by atoms with Crippen molar-refractivity contribution < 1.29 is 23.8 Å². The largest absolute Gasteiger partial charge is 0.496 e. The second-order valence-corrected chi connectivity index (χ2v) is 6.11. The molecule has 1 aromatic carbocycles. The minimum Gasteiger partial charge on any atom is -0.496 e. The van der Waals surface area contributed by atoms with Crippen LogP contribution in [-0.2, 0) is 16.0 Å². The maximum absolute atomic E-state index is 12.5. The third-order valence-electron chi connectivity index (χ3n) is 4.37. The number of benzene rings is 1. The van der Waals surface area contributed by atoms with Gasteiger partial charge in [0.15, 0.2) is 6.61 Å². The number of hydrogen-bond donors (Lipinski definition) is 0. The number of methoxy groups -OCH3 is 2. The fourth-order valence-electron chi connectivity index (χ4n) is 2.85. The number of esters is 1. The Morgan fingerprint density at radius 2 is 1.81 bits per heavy atom. The summed E-state index contributed by atoms with van der Waals surface area (Å²) in [5.74, 6) is -0.175. The summed E-state index contributed by atoms with van der Waals surface area (Å²) >= 11 is 0. The molecule has 0 fully saturated rings. The lowest BCUT2D eigenvalue weighted by Crippen LogP contribution is -2.15. The molecule has 6 nitrogen and oxygen atoms in total. The van der Waals surface area contributed by atoms with Crippen LogP contribution < -0.4 is 4.74 Å². The number of carbonyl (C=O) groups excluding carboxylic acids is 2. The van der Waals surface area contributed by atoms with E-state index in [1.807, 2.05) is 31.4 Å². The molecule has 0 saturated carbocycles. The molecular weight excluding hydrogens is 334 g/mol. The zero-order chi connectivity index (χ0) is 19.3. The molecule has 0 amide bonds. The molecule has 6 heteroatoms. The van der Waals surface area contributed by atoms with E-state index < -0.39 is 5.97 Å². The number of carbonyl (C=O) groups is 2. The van der Waals surface area contributed by atoms with Gasteiger partial charge in [0.2, 0.25) is 5.78 Å².